The summed E-state index contributed by atoms with van der Waals surface area (Å²) in [6.45, 7) is 4.63. The first-order chi connectivity index (χ1) is 10.5. The molecule has 6 nitrogen and oxygen atoms in total. The molecule has 0 saturated heterocycles. The molecule has 1 aromatic heterocycles. The SMILES string of the molecule is CC[C@H](N)CNc1ccc(C(N)=O)c(Nc2cc(C)ns2)c1. The van der Waals surface area contributed by atoms with Gasteiger partial charge in [0, 0.05) is 18.3 Å². The molecule has 1 amide bonds. The second-order valence-corrected chi connectivity index (χ2v) is 5.94. The number of rotatable bonds is 7. The molecule has 0 unspecified atom stereocenters. The fraction of sp³-hybridized carbons (Fsp3) is 0.333. The first-order valence-corrected chi connectivity index (χ1v) is 7.90. The van der Waals surface area contributed by atoms with E-state index >= 15 is 0 Å². The van der Waals surface area contributed by atoms with Crippen molar-refractivity contribution in [3.05, 3.63) is 35.5 Å². The molecule has 1 heterocycles. The first-order valence-electron chi connectivity index (χ1n) is 7.13. The minimum Gasteiger partial charge on any atom is -0.383 e. The van der Waals surface area contributed by atoms with Gasteiger partial charge in [0.15, 0.2) is 0 Å². The molecule has 2 rings (SSSR count). The summed E-state index contributed by atoms with van der Waals surface area (Å²) in [5.41, 5.74) is 14.3. The number of primary amides is 1. The molecule has 0 spiro atoms. The van der Waals surface area contributed by atoms with Crippen LogP contribution >= 0.6 is 11.5 Å². The zero-order chi connectivity index (χ0) is 16.1. The zero-order valence-electron chi connectivity index (χ0n) is 12.7. The third kappa shape index (κ3) is 4.19. The van der Waals surface area contributed by atoms with E-state index in [1.165, 1.54) is 11.5 Å². The number of nitrogens with zero attached hydrogens (tertiary/aromatic N) is 1. The van der Waals surface area contributed by atoms with E-state index in [4.69, 9.17) is 11.5 Å². The van der Waals surface area contributed by atoms with Crippen LogP contribution in [-0.2, 0) is 0 Å². The minimum absolute atomic E-state index is 0.0939. The van der Waals surface area contributed by atoms with Crippen LogP contribution in [0.2, 0.25) is 0 Å². The van der Waals surface area contributed by atoms with Gasteiger partial charge in [-0.05, 0) is 49.1 Å². The summed E-state index contributed by atoms with van der Waals surface area (Å²) < 4.78 is 4.21. The Morgan fingerprint density at radius 2 is 2.18 bits per heavy atom. The number of hydrogen-bond donors (Lipinski definition) is 4. The Kier molecular flexibility index (Phi) is 5.35. The van der Waals surface area contributed by atoms with Crippen molar-refractivity contribution in [3.8, 4) is 0 Å². The number of aromatic nitrogens is 1. The van der Waals surface area contributed by atoms with Crippen molar-refractivity contribution in [2.75, 3.05) is 17.2 Å². The molecule has 0 radical (unpaired) electrons. The fourth-order valence-corrected chi connectivity index (χ4v) is 2.59. The van der Waals surface area contributed by atoms with E-state index in [2.05, 4.69) is 15.0 Å². The molecule has 0 aliphatic heterocycles. The number of benzene rings is 1. The molecule has 7 heteroatoms. The van der Waals surface area contributed by atoms with E-state index in [1.54, 1.807) is 6.07 Å². The van der Waals surface area contributed by atoms with E-state index < -0.39 is 5.91 Å². The van der Waals surface area contributed by atoms with Gasteiger partial charge in [0.1, 0.15) is 5.00 Å². The summed E-state index contributed by atoms with van der Waals surface area (Å²) >= 11 is 1.34. The lowest BCUT2D eigenvalue weighted by Gasteiger charge is -2.14. The Balaban J connectivity index is 2.21. The average molecular weight is 319 g/mol. The number of nitrogens with one attached hydrogen (secondary N) is 2. The maximum absolute atomic E-state index is 11.6. The van der Waals surface area contributed by atoms with Crippen molar-refractivity contribution in [1.82, 2.24) is 4.37 Å². The Labute approximate surface area is 134 Å². The van der Waals surface area contributed by atoms with Crippen LogP contribution in [0.1, 0.15) is 29.4 Å². The minimum atomic E-state index is -0.472. The number of amides is 1. The fourth-order valence-electron chi connectivity index (χ4n) is 1.92. The molecule has 6 N–H and O–H groups in total. The van der Waals surface area contributed by atoms with Gasteiger partial charge >= 0.3 is 0 Å². The maximum atomic E-state index is 11.6. The number of aryl methyl sites for hydroxylation is 1. The van der Waals surface area contributed by atoms with E-state index in [1.807, 2.05) is 32.0 Å². The van der Waals surface area contributed by atoms with Crippen LogP contribution in [0.15, 0.2) is 24.3 Å². The summed E-state index contributed by atoms with van der Waals surface area (Å²) in [5, 5.41) is 7.33. The summed E-state index contributed by atoms with van der Waals surface area (Å²) in [6, 6.07) is 7.40. The summed E-state index contributed by atoms with van der Waals surface area (Å²) in [6.07, 6.45) is 0.900. The number of anilines is 3. The van der Waals surface area contributed by atoms with Crippen LogP contribution < -0.4 is 22.1 Å². The van der Waals surface area contributed by atoms with Gasteiger partial charge in [-0.1, -0.05) is 6.92 Å². The van der Waals surface area contributed by atoms with E-state index in [9.17, 15) is 4.79 Å². The van der Waals surface area contributed by atoms with Crippen molar-refractivity contribution < 1.29 is 4.79 Å². The van der Waals surface area contributed by atoms with Crippen molar-refractivity contribution >= 4 is 33.8 Å². The largest absolute Gasteiger partial charge is 0.383 e. The molecule has 1 aromatic carbocycles. The molecular formula is C15H21N5OS. The monoisotopic (exact) mass is 319 g/mol. The molecule has 1 atom stereocenters. The van der Waals surface area contributed by atoms with Crippen LogP contribution in [0.5, 0.6) is 0 Å². The molecule has 0 aliphatic rings. The van der Waals surface area contributed by atoms with E-state index in [0.29, 0.717) is 17.8 Å². The van der Waals surface area contributed by atoms with Crippen LogP contribution in [0.3, 0.4) is 0 Å². The first kappa shape index (κ1) is 16.3. The number of carbonyl (C=O) groups is 1. The lowest BCUT2D eigenvalue weighted by atomic mass is 10.1. The van der Waals surface area contributed by atoms with Crippen molar-refractivity contribution in [3.63, 3.8) is 0 Å². The molecular weight excluding hydrogens is 298 g/mol. The Hall–Kier alpha value is -2.12. The summed E-state index contributed by atoms with van der Waals surface area (Å²) in [4.78, 5) is 11.6. The topological polar surface area (TPSA) is 106 Å². The van der Waals surface area contributed by atoms with Gasteiger partial charge in [0.05, 0.1) is 16.9 Å². The Bertz CT molecular complexity index is 655. The second-order valence-electron chi connectivity index (χ2n) is 5.13. The predicted molar refractivity (Wildman–Crippen MR) is 91.8 cm³/mol. The van der Waals surface area contributed by atoms with Crippen LogP contribution in [0, 0.1) is 6.92 Å². The summed E-state index contributed by atoms with van der Waals surface area (Å²) in [7, 11) is 0. The average Bonchev–Trinajstić information content (AvgIpc) is 2.89. The van der Waals surface area contributed by atoms with Crippen LogP contribution in [0.4, 0.5) is 16.4 Å². The lowest BCUT2D eigenvalue weighted by molar-refractivity contribution is 0.100. The molecule has 0 bridgehead atoms. The zero-order valence-corrected chi connectivity index (χ0v) is 13.5. The quantitative estimate of drug-likeness (QED) is 0.627. The standard InChI is InChI=1S/C15H21N5OS/c1-3-10(16)8-18-11-4-5-12(15(17)21)13(7-11)19-14-6-9(2)20-22-14/h4-7,10,18-19H,3,8,16H2,1-2H3,(H2,17,21)/t10-/m0/s1. The van der Waals surface area contributed by atoms with E-state index in [-0.39, 0.29) is 6.04 Å². The highest BCUT2D eigenvalue weighted by Crippen LogP contribution is 2.27. The van der Waals surface area contributed by atoms with Crippen molar-refractivity contribution in [1.29, 1.82) is 0 Å². The number of nitrogens with two attached hydrogens (primary N) is 2. The predicted octanol–water partition coefficient (Wildman–Crippen LogP) is 2.44. The van der Waals surface area contributed by atoms with Crippen molar-refractivity contribution in [2.45, 2.75) is 26.3 Å². The van der Waals surface area contributed by atoms with Gasteiger partial charge in [-0.15, -0.1) is 0 Å². The Morgan fingerprint density at radius 1 is 1.41 bits per heavy atom. The molecule has 0 fully saturated rings. The maximum Gasteiger partial charge on any atom is 0.250 e. The third-order valence-electron chi connectivity index (χ3n) is 3.26. The van der Waals surface area contributed by atoms with Gasteiger partial charge in [0.2, 0.25) is 0 Å². The van der Waals surface area contributed by atoms with E-state index in [0.717, 1.165) is 22.8 Å². The molecule has 22 heavy (non-hydrogen) atoms. The third-order valence-corrected chi connectivity index (χ3v) is 4.06. The molecule has 118 valence electrons. The highest BCUT2D eigenvalue weighted by Gasteiger charge is 2.11. The molecule has 2 aromatic rings. The van der Waals surface area contributed by atoms with Gasteiger partial charge in [-0.2, -0.15) is 4.37 Å². The van der Waals surface area contributed by atoms with Crippen molar-refractivity contribution in [2.24, 2.45) is 11.5 Å². The lowest BCUT2D eigenvalue weighted by Crippen LogP contribution is -2.28. The summed E-state index contributed by atoms with van der Waals surface area (Å²) in [5.74, 6) is -0.472. The molecule has 0 aliphatic carbocycles. The van der Waals surface area contributed by atoms with Crippen LogP contribution in [-0.4, -0.2) is 22.9 Å². The van der Waals surface area contributed by atoms with Gasteiger partial charge in [-0.25, -0.2) is 0 Å². The highest BCUT2D eigenvalue weighted by atomic mass is 32.1. The smallest absolute Gasteiger partial charge is 0.250 e. The van der Waals surface area contributed by atoms with Gasteiger partial charge in [-0.3, -0.25) is 4.79 Å². The molecule has 0 saturated carbocycles. The number of carbonyl (C=O) groups excluding carboxylic acids is 1. The second kappa shape index (κ2) is 7.24. The van der Waals surface area contributed by atoms with Crippen LogP contribution in [0.25, 0.3) is 0 Å². The van der Waals surface area contributed by atoms with Gasteiger partial charge in [0.25, 0.3) is 5.91 Å². The Morgan fingerprint density at radius 3 is 2.77 bits per heavy atom. The number of hydrogen-bond acceptors (Lipinski definition) is 6. The normalized spacial score (nSPS) is 12.0. The van der Waals surface area contributed by atoms with Gasteiger partial charge < -0.3 is 22.1 Å². The highest BCUT2D eigenvalue weighted by molar-refractivity contribution is 7.10.